The van der Waals surface area contributed by atoms with Crippen molar-refractivity contribution in [2.24, 2.45) is 0 Å². The summed E-state index contributed by atoms with van der Waals surface area (Å²) in [5.74, 6) is -0.474. The van der Waals surface area contributed by atoms with E-state index in [0.717, 1.165) is 23.5 Å². The molecule has 1 N–H and O–H groups in total. The van der Waals surface area contributed by atoms with E-state index in [9.17, 15) is 14.3 Å². The third kappa shape index (κ3) is 15.1. The summed E-state index contributed by atoms with van der Waals surface area (Å²) >= 11 is 0. The van der Waals surface area contributed by atoms with Crippen LogP contribution in [0.1, 0.15) is 78.6 Å². The maximum absolute atomic E-state index is 12.0. The number of unbranched alkanes of at least 4 members (excludes halogenated alkanes) is 4. The van der Waals surface area contributed by atoms with Crippen LogP contribution in [0.5, 0.6) is 0 Å². The molecule has 0 rings (SSSR count). The molecule has 0 aliphatic carbocycles. The summed E-state index contributed by atoms with van der Waals surface area (Å²) in [5.41, 5.74) is 0. The Morgan fingerprint density at radius 3 is 1.73 bits per heavy atom. The molecule has 0 spiro atoms. The Morgan fingerprint density at radius 1 is 0.833 bits per heavy atom. The Kier molecular flexibility index (Phi) is 17.5. The summed E-state index contributed by atoms with van der Waals surface area (Å²) in [4.78, 5) is 20.8. The molecule has 178 valence electrons. The Bertz CT molecular complexity index is 478. The number of hydrogen-bond donors (Lipinski definition) is 1. The van der Waals surface area contributed by atoms with Crippen LogP contribution < -0.4 is 0 Å². The lowest BCUT2D eigenvalue weighted by Crippen LogP contribution is -2.51. The Morgan fingerprint density at radius 2 is 1.27 bits per heavy atom. The summed E-state index contributed by atoms with van der Waals surface area (Å²) in [5, 5.41) is 0. The SMILES string of the molecule is C=CC(=O)OCCCCOP(=O)(O)OCCC[N+](CCCC)(CCCC)CCCC. The third-order valence-electron chi connectivity index (χ3n) is 5.19. The number of esters is 1. The Labute approximate surface area is 184 Å². The van der Waals surface area contributed by atoms with Crippen LogP contribution in [-0.2, 0) is 23.1 Å². The second kappa shape index (κ2) is 17.9. The minimum absolute atomic E-state index is 0.0862. The molecule has 0 aromatic rings. The molecule has 7 nitrogen and oxygen atoms in total. The van der Waals surface area contributed by atoms with Gasteiger partial charge in [-0.1, -0.05) is 46.6 Å². The zero-order valence-electron chi connectivity index (χ0n) is 19.5. The lowest BCUT2D eigenvalue weighted by molar-refractivity contribution is -0.929. The van der Waals surface area contributed by atoms with E-state index >= 15 is 0 Å². The molecule has 0 aliphatic rings. The molecule has 0 aromatic heterocycles. The highest BCUT2D eigenvalue weighted by atomic mass is 31.2. The maximum Gasteiger partial charge on any atom is 0.472 e. The van der Waals surface area contributed by atoms with E-state index in [2.05, 4.69) is 27.4 Å². The van der Waals surface area contributed by atoms with Crippen molar-refractivity contribution in [2.45, 2.75) is 78.6 Å². The van der Waals surface area contributed by atoms with E-state index in [4.69, 9.17) is 13.8 Å². The monoisotopic (exact) mass is 450 g/mol. The topological polar surface area (TPSA) is 82.1 Å². The van der Waals surface area contributed by atoms with Gasteiger partial charge in [0, 0.05) is 12.5 Å². The molecule has 0 bridgehead atoms. The number of hydrogen-bond acceptors (Lipinski definition) is 5. The Balaban J connectivity index is 4.32. The first kappa shape index (κ1) is 29.3. The van der Waals surface area contributed by atoms with Gasteiger partial charge in [-0.2, -0.15) is 0 Å². The van der Waals surface area contributed by atoms with Crippen molar-refractivity contribution in [1.29, 1.82) is 0 Å². The summed E-state index contributed by atoms with van der Waals surface area (Å²) in [6, 6.07) is 0. The molecule has 1 atom stereocenters. The van der Waals surface area contributed by atoms with E-state index in [1.165, 1.54) is 58.2 Å². The molecule has 0 aliphatic heterocycles. The van der Waals surface area contributed by atoms with Crippen LogP contribution >= 0.6 is 7.82 Å². The summed E-state index contributed by atoms with van der Waals surface area (Å²) in [7, 11) is -4.04. The third-order valence-corrected chi connectivity index (χ3v) is 6.21. The van der Waals surface area contributed by atoms with Gasteiger partial charge in [-0.3, -0.25) is 9.05 Å². The first-order valence-corrected chi connectivity index (χ1v) is 13.1. The van der Waals surface area contributed by atoms with Crippen molar-refractivity contribution in [3.05, 3.63) is 12.7 Å². The standard InChI is InChI=1S/C22H44NO6P/c1-5-9-15-23(16-10-6-2,17-11-7-3)18-14-21-29-30(25,26)28-20-13-12-19-27-22(24)8-4/h8H,4-7,9-21H2,1-3H3/p+1. The quantitative estimate of drug-likeness (QED) is 0.0847. The van der Waals surface area contributed by atoms with Crippen molar-refractivity contribution in [2.75, 3.05) is 46.0 Å². The molecular formula is C22H45NO6P+. The highest BCUT2D eigenvalue weighted by Gasteiger charge is 2.26. The molecule has 0 saturated heterocycles. The number of rotatable bonds is 21. The number of phosphoric ester groups is 1. The normalized spacial score (nSPS) is 13.7. The van der Waals surface area contributed by atoms with Crippen molar-refractivity contribution in [3.63, 3.8) is 0 Å². The molecule has 0 aromatic carbocycles. The first-order valence-electron chi connectivity index (χ1n) is 11.6. The fourth-order valence-electron chi connectivity index (χ4n) is 3.38. The predicted octanol–water partition coefficient (Wildman–Crippen LogP) is 5.24. The van der Waals surface area contributed by atoms with E-state index in [1.807, 2.05) is 0 Å². The summed E-state index contributed by atoms with van der Waals surface area (Å²) < 4.78 is 28.2. The van der Waals surface area contributed by atoms with Gasteiger partial charge in [0.25, 0.3) is 0 Å². The highest BCUT2D eigenvalue weighted by molar-refractivity contribution is 7.47. The van der Waals surface area contributed by atoms with Gasteiger partial charge in [0.2, 0.25) is 0 Å². The molecular weight excluding hydrogens is 405 g/mol. The average Bonchev–Trinajstić information content (AvgIpc) is 2.74. The lowest BCUT2D eigenvalue weighted by Gasteiger charge is -2.39. The minimum atomic E-state index is -4.04. The van der Waals surface area contributed by atoms with Crippen LogP contribution in [0.3, 0.4) is 0 Å². The fourth-order valence-corrected chi connectivity index (χ4v) is 4.18. The Hall–Kier alpha value is -0.720. The van der Waals surface area contributed by atoms with Crippen molar-refractivity contribution >= 4 is 13.8 Å². The van der Waals surface area contributed by atoms with Crippen LogP contribution in [0, 0.1) is 0 Å². The molecule has 0 fully saturated rings. The summed E-state index contributed by atoms with van der Waals surface area (Å²) in [6.07, 6.45) is 10.1. The average molecular weight is 451 g/mol. The van der Waals surface area contributed by atoms with E-state index < -0.39 is 13.8 Å². The second-order valence-corrected chi connectivity index (χ2v) is 9.32. The first-order chi connectivity index (χ1) is 14.3. The van der Waals surface area contributed by atoms with Crippen molar-refractivity contribution in [3.8, 4) is 0 Å². The van der Waals surface area contributed by atoms with Crippen molar-refractivity contribution < 1.29 is 32.5 Å². The van der Waals surface area contributed by atoms with Crippen LogP contribution in [0.2, 0.25) is 0 Å². The fraction of sp³-hybridized carbons (Fsp3) is 0.864. The van der Waals surface area contributed by atoms with E-state index in [1.54, 1.807) is 0 Å². The minimum Gasteiger partial charge on any atom is -0.463 e. The van der Waals surface area contributed by atoms with Gasteiger partial charge in [0.05, 0.1) is 46.0 Å². The zero-order chi connectivity index (χ0) is 22.7. The van der Waals surface area contributed by atoms with E-state index in [-0.39, 0.29) is 19.8 Å². The smallest absolute Gasteiger partial charge is 0.463 e. The van der Waals surface area contributed by atoms with Crippen LogP contribution in [0.15, 0.2) is 12.7 Å². The van der Waals surface area contributed by atoms with Gasteiger partial charge in [-0.05, 0) is 32.1 Å². The molecule has 8 heteroatoms. The van der Waals surface area contributed by atoms with E-state index in [0.29, 0.717) is 12.8 Å². The molecule has 1 unspecified atom stereocenters. The van der Waals surface area contributed by atoms with Crippen molar-refractivity contribution in [1.82, 2.24) is 0 Å². The number of nitrogens with zero attached hydrogens (tertiary/aromatic N) is 1. The number of quaternary nitrogens is 1. The molecule has 30 heavy (non-hydrogen) atoms. The summed E-state index contributed by atoms with van der Waals surface area (Å²) in [6.45, 7) is 15.0. The molecule has 0 radical (unpaired) electrons. The number of ether oxygens (including phenoxy) is 1. The van der Waals surface area contributed by atoms with Gasteiger partial charge in [-0.25, -0.2) is 9.36 Å². The van der Waals surface area contributed by atoms with Gasteiger partial charge in [0.15, 0.2) is 0 Å². The van der Waals surface area contributed by atoms with Crippen LogP contribution in [0.4, 0.5) is 0 Å². The van der Waals surface area contributed by atoms with Gasteiger partial charge < -0.3 is 14.1 Å². The largest absolute Gasteiger partial charge is 0.472 e. The highest BCUT2D eigenvalue weighted by Crippen LogP contribution is 2.43. The van der Waals surface area contributed by atoms with Crippen LogP contribution in [-0.4, -0.2) is 61.3 Å². The molecule has 0 amide bonds. The second-order valence-electron chi connectivity index (χ2n) is 7.86. The predicted molar refractivity (Wildman–Crippen MR) is 121 cm³/mol. The number of carbonyl (C=O) groups is 1. The molecule has 0 saturated carbocycles. The number of carbonyl (C=O) groups excluding carboxylic acids is 1. The number of phosphoric acid groups is 1. The zero-order valence-corrected chi connectivity index (χ0v) is 20.4. The van der Waals surface area contributed by atoms with Gasteiger partial charge >= 0.3 is 13.8 Å². The van der Waals surface area contributed by atoms with Crippen LogP contribution in [0.25, 0.3) is 0 Å². The van der Waals surface area contributed by atoms with Gasteiger partial charge in [-0.15, -0.1) is 0 Å². The van der Waals surface area contributed by atoms with Gasteiger partial charge in [0.1, 0.15) is 0 Å². The molecule has 0 heterocycles. The lowest BCUT2D eigenvalue weighted by atomic mass is 10.1. The maximum atomic E-state index is 12.0.